The molecule has 82 valence electrons. The zero-order valence-corrected chi connectivity index (χ0v) is 10.6. The van der Waals surface area contributed by atoms with E-state index in [1.807, 2.05) is 0 Å². The van der Waals surface area contributed by atoms with E-state index in [1.54, 1.807) is 0 Å². The molecule has 0 bridgehead atoms. The zero-order valence-electron chi connectivity index (χ0n) is 9.05. The Morgan fingerprint density at radius 1 is 1.64 bits per heavy atom. The van der Waals surface area contributed by atoms with Crippen LogP contribution in [0.25, 0.3) is 0 Å². The monoisotopic (exact) mass is 261 g/mol. The number of rotatable bonds is 4. The number of ether oxygens (including phenoxy) is 1. The van der Waals surface area contributed by atoms with E-state index < -0.39 is 0 Å². The van der Waals surface area contributed by atoms with Gasteiger partial charge in [-0.15, -0.1) is 0 Å². The molecule has 0 aromatic rings. The van der Waals surface area contributed by atoms with Gasteiger partial charge < -0.3 is 10.1 Å². The zero-order chi connectivity index (χ0) is 10.6. The van der Waals surface area contributed by atoms with E-state index in [2.05, 4.69) is 41.7 Å². The molecule has 0 aliphatic carbocycles. The van der Waals surface area contributed by atoms with E-state index >= 15 is 0 Å². The summed E-state index contributed by atoms with van der Waals surface area (Å²) in [7, 11) is 0. The van der Waals surface area contributed by atoms with Crippen molar-refractivity contribution in [1.29, 1.82) is 0 Å². The van der Waals surface area contributed by atoms with Gasteiger partial charge in [0.2, 0.25) is 0 Å². The van der Waals surface area contributed by atoms with Gasteiger partial charge in [-0.3, -0.25) is 0 Å². The summed E-state index contributed by atoms with van der Waals surface area (Å²) in [5.74, 6) is 0.617. The van der Waals surface area contributed by atoms with Crippen molar-refractivity contribution in [3.05, 3.63) is 11.1 Å². The molecule has 0 aromatic carbocycles. The van der Waals surface area contributed by atoms with Gasteiger partial charge in [-0.1, -0.05) is 36.4 Å². The van der Waals surface area contributed by atoms with Gasteiger partial charge in [0.1, 0.15) is 0 Å². The number of hydrogen-bond donors (Lipinski definition) is 1. The molecular weight excluding hydrogens is 242 g/mol. The van der Waals surface area contributed by atoms with Crippen LogP contribution in [-0.2, 0) is 4.74 Å². The molecule has 1 aliphatic heterocycles. The highest BCUT2D eigenvalue weighted by Gasteiger charge is 2.24. The van der Waals surface area contributed by atoms with E-state index in [0.29, 0.717) is 18.1 Å². The van der Waals surface area contributed by atoms with Gasteiger partial charge in [0, 0.05) is 23.7 Å². The van der Waals surface area contributed by atoms with E-state index in [1.165, 1.54) is 0 Å². The Hall–Kier alpha value is 0.140. The summed E-state index contributed by atoms with van der Waals surface area (Å²) in [5.41, 5.74) is 0. The molecule has 2 atom stereocenters. The average molecular weight is 262 g/mol. The van der Waals surface area contributed by atoms with Gasteiger partial charge in [0.15, 0.2) is 0 Å². The lowest BCUT2D eigenvalue weighted by atomic mass is 9.95. The minimum Gasteiger partial charge on any atom is -0.378 e. The third kappa shape index (κ3) is 4.11. The molecule has 0 saturated carbocycles. The van der Waals surface area contributed by atoms with E-state index in [0.717, 1.165) is 30.5 Å². The first-order chi connectivity index (χ1) is 6.59. The molecule has 2 nitrogen and oxygen atoms in total. The van der Waals surface area contributed by atoms with Crippen LogP contribution in [0.2, 0.25) is 0 Å². The molecule has 1 fully saturated rings. The molecule has 1 saturated heterocycles. The van der Waals surface area contributed by atoms with Gasteiger partial charge >= 0.3 is 0 Å². The summed E-state index contributed by atoms with van der Waals surface area (Å²) in [6, 6.07) is 0.588. The Morgan fingerprint density at radius 3 is 2.93 bits per heavy atom. The maximum absolute atomic E-state index is 5.70. The fraction of sp³-hybridized carbons (Fsp3) is 0.818. The number of hydrogen-bond acceptors (Lipinski definition) is 2. The summed E-state index contributed by atoms with van der Waals surface area (Å²) in [6.07, 6.45) is 2.66. The van der Waals surface area contributed by atoms with Crippen molar-refractivity contribution in [2.75, 3.05) is 13.2 Å². The standard InChI is InChI=1S/C11H20BrNO/c1-8(2)11-6-10(4-5-14-11)13-7-9(3)12/h8,10-11,13H,3-7H2,1-2H3. The van der Waals surface area contributed by atoms with Gasteiger partial charge in [0.05, 0.1) is 6.10 Å². The topological polar surface area (TPSA) is 21.3 Å². The molecule has 14 heavy (non-hydrogen) atoms. The molecule has 2 unspecified atom stereocenters. The second-order valence-electron chi connectivity index (χ2n) is 4.27. The fourth-order valence-corrected chi connectivity index (χ4v) is 1.89. The van der Waals surface area contributed by atoms with Crippen molar-refractivity contribution < 1.29 is 4.74 Å². The van der Waals surface area contributed by atoms with Gasteiger partial charge in [-0.05, 0) is 18.8 Å². The molecular formula is C11H20BrNO. The summed E-state index contributed by atoms with van der Waals surface area (Å²) in [4.78, 5) is 0. The minimum atomic E-state index is 0.421. The van der Waals surface area contributed by atoms with Crippen LogP contribution in [0.1, 0.15) is 26.7 Å². The summed E-state index contributed by atoms with van der Waals surface area (Å²) in [5, 5.41) is 3.48. The highest BCUT2D eigenvalue weighted by molar-refractivity contribution is 9.11. The van der Waals surface area contributed by atoms with Crippen LogP contribution in [0, 0.1) is 5.92 Å². The molecule has 1 aliphatic rings. The lowest BCUT2D eigenvalue weighted by molar-refractivity contribution is -0.0238. The maximum atomic E-state index is 5.70. The quantitative estimate of drug-likeness (QED) is 0.841. The molecule has 1 heterocycles. The third-order valence-corrected chi connectivity index (χ3v) is 2.92. The van der Waals surface area contributed by atoms with Gasteiger partial charge in [-0.25, -0.2) is 0 Å². The van der Waals surface area contributed by atoms with Crippen LogP contribution in [0.4, 0.5) is 0 Å². The molecule has 0 spiro atoms. The predicted molar refractivity (Wildman–Crippen MR) is 63.7 cm³/mol. The fourth-order valence-electron chi connectivity index (χ4n) is 1.73. The molecule has 0 radical (unpaired) electrons. The summed E-state index contributed by atoms with van der Waals surface area (Å²) >= 11 is 3.36. The lowest BCUT2D eigenvalue weighted by Crippen LogP contribution is -2.41. The Balaban J connectivity index is 2.29. The lowest BCUT2D eigenvalue weighted by Gasteiger charge is -2.32. The largest absolute Gasteiger partial charge is 0.378 e. The molecule has 0 amide bonds. The van der Waals surface area contributed by atoms with Crippen molar-refractivity contribution in [3.63, 3.8) is 0 Å². The second-order valence-corrected chi connectivity index (χ2v) is 5.39. The maximum Gasteiger partial charge on any atom is 0.0612 e. The van der Waals surface area contributed by atoms with Crippen molar-refractivity contribution in [2.45, 2.75) is 38.8 Å². The van der Waals surface area contributed by atoms with Crippen molar-refractivity contribution in [2.24, 2.45) is 5.92 Å². The minimum absolute atomic E-state index is 0.421. The average Bonchev–Trinajstić information content (AvgIpc) is 2.15. The van der Waals surface area contributed by atoms with E-state index in [9.17, 15) is 0 Å². The highest BCUT2D eigenvalue weighted by Crippen LogP contribution is 2.20. The third-order valence-electron chi connectivity index (χ3n) is 2.64. The molecule has 1 rings (SSSR count). The number of nitrogens with one attached hydrogen (secondary N) is 1. The number of halogens is 1. The van der Waals surface area contributed by atoms with Crippen LogP contribution in [-0.4, -0.2) is 25.3 Å². The normalized spacial score (nSPS) is 28.0. The van der Waals surface area contributed by atoms with Crippen molar-refractivity contribution in [3.8, 4) is 0 Å². The second kappa shape index (κ2) is 5.89. The highest BCUT2D eigenvalue weighted by atomic mass is 79.9. The molecule has 0 aromatic heterocycles. The Bertz CT molecular complexity index is 194. The van der Waals surface area contributed by atoms with E-state index in [-0.39, 0.29) is 0 Å². The SMILES string of the molecule is C=C(Br)CNC1CCOC(C(C)C)C1. The molecule has 3 heteroatoms. The van der Waals surface area contributed by atoms with Crippen molar-refractivity contribution in [1.82, 2.24) is 5.32 Å². The first-order valence-corrected chi connectivity index (χ1v) is 6.07. The smallest absolute Gasteiger partial charge is 0.0612 e. The van der Waals surface area contributed by atoms with Gasteiger partial charge in [-0.2, -0.15) is 0 Å². The molecule has 1 N–H and O–H groups in total. The Labute approximate surface area is 95.2 Å². The van der Waals surface area contributed by atoms with Crippen LogP contribution >= 0.6 is 15.9 Å². The van der Waals surface area contributed by atoms with Crippen LogP contribution in [0.15, 0.2) is 11.1 Å². The first kappa shape index (κ1) is 12.2. The van der Waals surface area contributed by atoms with Crippen molar-refractivity contribution >= 4 is 15.9 Å². The first-order valence-electron chi connectivity index (χ1n) is 5.28. The van der Waals surface area contributed by atoms with Crippen LogP contribution in [0.5, 0.6) is 0 Å². The van der Waals surface area contributed by atoms with Gasteiger partial charge in [0.25, 0.3) is 0 Å². The Kier molecular flexibility index (Phi) is 5.13. The van der Waals surface area contributed by atoms with Crippen LogP contribution < -0.4 is 5.32 Å². The summed E-state index contributed by atoms with van der Waals surface area (Å²) in [6.45, 7) is 9.99. The summed E-state index contributed by atoms with van der Waals surface area (Å²) < 4.78 is 6.72. The predicted octanol–water partition coefficient (Wildman–Crippen LogP) is 2.69. The van der Waals surface area contributed by atoms with Crippen LogP contribution in [0.3, 0.4) is 0 Å². The Morgan fingerprint density at radius 2 is 2.36 bits per heavy atom. The van der Waals surface area contributed by atoms with E-state index in [4.69, 9.17) is 4.74 Å².